The van der Waals surface area contributed by atoms with Crippen molar-refractivity contribution in [2.45, 2.75) is 76.0 Å². The summed E-state index contributed by atoms with van der Waals surface area (Å²) in [4.78, 5) is 13.4. The van der Waals surface area contributed by atoms with Gasteiger partial charge in [0.15, 0.2) is 17.7 Å². The van der Waals surface area contributed by atoms with Crippen LogP contribution in [-0.4, -0.2) is 85.1 Å². The smallest absolute Gasteiger partial charge is 0.424 e. The van der Waals surface area contributed by atoms with E-state index in [1.165, 1.54) is 37.1 Å². The highest BCUT2D eigenvalue weighted by atomic mass is 19.4. The number of β-amino-alcohol motifs (C(OH)–C–C–N with tert-alkyl or cyclic N) is 1. The number of likely N-dealkylation sites (tertiary alicyclic amines) is 1. The first-order valence-electron chi connectivity index (χ1n) is 16.1. The number of aryl methyl sites for hydroxylation is 1. The number of esters is 1. The number of hydrogen-bond acceptors (Lipinski definition) is 10. The molecule has 2 aliphatic rings. The maximum Gasteiger partial charge on any atom is 0.424 e. The van der Waals surface area contributed by atoms with E-state index < -0.39 is 30.2 Å². The zero-order valence-corrected chi connectivity index (χ0v) is 27.3. The minimum absolute atomic E-state index is 0.117. The predicted octanol–water partition coefficient (Wildman–Crippen LogP) is 5.41. The summed E-state index contributed by atoms with van der Waals surface area (Å²) in [7, 11) is 2.98. The molecule has 2 aromatic carbocycles. The molecule has 2 saturated heterocycles. The van der Waals surface area contributed by atoms with Gasteiger partial charge >= 0.3 is 12.1 Å². The Bertz CT molecular complexity index is 1600. The zero-order chi connectivity index (χ0) is 34.5. The maximum atomic E-state index is 14.9. The van der Waals surface area contributed by atoms with E-state index in [9.17, 15) is 28.3 Å². The number of alkyl halides is 3. The summed E-state index contributed by atoms with van der Waals surface area (Å²) in [5, 5.41) is 25.5. The van der Waals surface area contributed by atoms with Crippen LogP contribution in [0.15, 0.2) is 30.3 Å². The molecule has 2 aliphatic heterocycles. The van der Waals surface area contributed by atoms with Crippen LogP contribution in [0.2, 0.25) is 0 Å². The number of carbonyl (C=O) groups is 1. The number of halogens is 3. The largest absolute Gasteiger partial charge is 0.493 e. The molecule has 1 aromatic heterocycles. The van der Waals surface area contributed by atoms with Crippen molar-refractivity contribution >= 4 is 16.9 Å². The molecule has 11 nitrogen and oxygen atoms in total. The summed E-state index contributed by atoms with van der Waals surface area (Å²) < 4.78 is 74.3. The van der Waals surface area contributed by atoms with E-state index >= 15 is 0 Å². The maximum absolute atomic E-state index is 14.9. The number of ether oxygens (including phenoxy) is 5. The fourth-order valence-electron chi connectivity index (χ4n) is 6.30. The Kier molecular flexibility index (Phi) is 11.0. The van der Waals surface area contributed by atoms with Gasteiger partial charge in [0.1, 0.15) is 11.8 Å². The van der Waals surface area contributed by atoms with Crippen LogP contribution in [0.4, 0.5) is 13.2 Å². The normalized spacial score (nSPS) is 19.0. The van der Waals surface area contributed by atoms with E-state index in [-0.39, 0.29) is 42.5 Å². The minimum Gasteiger partial charge on any atom is -0.493 e. The van der Waals surface area contributed by atoms with Gasteiger partial charge < -0.3 is 28.8 Å². The average molecular weight is 675 g/mol. The van der Waals surface area contributed by atoms with Gasteiger partial charge in [-0.3, -0.25) is 9.69 Å². The van der Waals surface area contributed by atoms with E-state index in [1.807, 2.05) is 6.07 Å². The van der Waals surface area contributed by atoms with Crippen molar-refractivity contribution in [3.05, 3.63) is 47.2 Å². The SMILES string of the molecule is CCOC(=O)CCc1cc(OC)c(OC2CCN(CC(O)(c3nn(C4CCCCO4)c4cc(C#N)ccc34)C(F)(F)F)CC2)c(OC)c1. The van der Waals surface area contributed by atoms with Crippen molar-refractivity contribution in [3.8, 4) is 23.3 Å². The second kappa shape index (κ2) is 15.0. The number of rotatable bonds is 12. The van der Waals surface area contributed by atoms with Gasteiger partial charge in [0, 0.05) is 38.0 Å². The van der Waals surface area contributed by atoms with Crippen LogP contribution in [0.1, 0.15) is 68.5 Å². The summed E-state index contributed by atoms with van der Waals surface area (Å²) in [5.74, 6) is 0.869. The van der Waals surface area contributed by atoms with E-state index in [0.29, 0.717) is 61.7 Å². The van der Waals surface area contributed by atoms with Gasteiger partial charge in [0.2, 0.25) is 11.4 Å². The average Bonchev–Trinajstić information content (AvgIpc) is 3.47. The van der Waals surface area contributed by atoms with Crippen LogP contribution in [0, 0.1) is 11.3 Å². The molecule has 2 fully saturated rings. The molecule has 14 heteroatoms. The highest BCUT2D eigenvalue weighted by Gasteiger charge is 2.58. The zero-order valence-electron chi connectivity index (χ0n) is 27.3. The summed E-state index contributed by atoms with van der Waals surface area (Å²) >= 11 is 0. The quantitative estimate of drug-likeness (QED) is 0.249. The molecule has 3 heterocycles. The highest BCUT2D eigenvalue weighted by molar-refractivity contribution is 5.84. The molecule has 0 saturated carbocycles. The Morgan fingerprint density at radius 2 is 1.81 bits per heavy atom. The molecule has 2 atom stereocenters. The van der Waals surface area contributed by atoms with Crippen LogP contribution in [-0.2, 0) is 26.3 Å². The summed E-state index contributed by atoms with van der Waals surface area (Å²) in [6.07, 6.45) is -2.46. The number of hydrogen-bond donors (Lipinski definition) is 1. The number of benzene rings is 2. The topological polar surface area (TPSA) is 128 Å². The predicted molar refractivity (Wildman–Crippen MR) is 168 cm³/mol. The lowest BCUT2D eigenvalue weighted by Crippen LogP contribution is -2.53. The standard InChI is InChI=1S/C34H41F3N4O7/c1-4-46-30(42)11-9-22-18-27(44-2)31(28(19-22)45-3)48-24-12-14-40(15-13-24)21-33(43,34(35,36)37)32-25-10-8-23(20-38)17-26(25)41(39-32)29-7-5-6-16-47-29/h8,10,17-19,24,29,43H,4-7,9,11-16,21H2,1-3H3. The molecular formula is C34H41F3N4O7. The second-order valence-corrected chi connectivity index (χ2v) is 12.0. The fraction of sp³-hybridized carbons (Fsp3) is 0.559. The first-order valence-corrected chi connectivity index (χ1v) is 16.1. The molecular weight excluding hydrogens is 633 g/mol. The molecule has 0 amide bonds. The van der Waals surface area contributed by atoms with Gasteiger partial charge in [-0.2, -0.15) is 23.5 Å². The first kappa shape index (κ1) is 35.3. The van der Waals surface area contributed by atoms with E-state index in [4.69, 9.17) is 23.7 Å². The van der Waals surface area contributed by atoms with Gasteiger partial charge in [-0.25, -0.2) is 4.68 Å². The van der Waals surface area contributed by atoms with Crippen LogP contribution < -0.4 is 14.2 Å². The van der Waals surface area contributed by atoms with Gasteiger partial charge in [-0.05, 0) is 81.3 Å². The number of nitriles is 1. The molecule has 0 aliphatic carbocycles. The van der Waals surface area contributed by atoms with Gasteiger partial charge in [-0.15, -0.1) is 0 Å². The Labute approximate surface area is 277 Å². The Balaban J connectivity index is 1.33. The number of piperidine rings is 1. The number of fused-ring (bicyclic) bond motifs is 1. The van der Waals surface area contributed by atoms with Gasteiger partial charge in [0.25, 0.3) is 0 Å². The van der Waals surface area contributed by atoms with Crippen molar-refractivity contribution in [2.75, 3.05) is 47.1 Å². The van der Waals surface area contributed by atoms with Gasteiger partial charge in [0.05, 0.1) is 38.0 Å². The number of carbonyl (C=O) groups excluding carboxylic acids is 1. The Hall–Kier alpha value is -4.06. The van der Waals surface area contributed by atoms with Crippen molar-refractivity contribution in [1.82, 2.24) is 14.7 Å². The number of methoxy groups -OCH3 is 2. The van der Waals surface area contributed by atoms with Crippen LogP contribution in [0.25, 0.3) is 10.9 Å². The summed E-state index contributed by atoms with van der Waals surface area (Å²) in [6.45, 7) is 2.19. The van der Waals surface area contributed by atoms with E-state index in [1.54, 1.807) is 24.0 Å². The van der Waals surface area contributed by atoms with Crippen molar-refractivity contribution in [2.24, 2.45) is 0 Å². The molecule has 48 heavy (non-hydrogen) atoms. The lowest BCUT2D eigenvalue weighted by molar-refractivity contribution is -0.273. The third-order valence-corrected chi connectivity index (χ3v) is 8.84. The number of nitrogens with zero attached hydrogens (tertiary/aromatic N) is 4. The molecule has 0 spiro atoms. The van der Waals surface area contributed by atoms with Gasteiger partial charge in [-0.1, -0.05) is 0 Å². The lowest BCUT2D eigenvalue weighted by atomic mass is 9.93. The fourth-order valence-corrected chi connectivity index (χ4v) is 6.30. The summed E-state index contributed by atoms with van der Waals surface area (Å²) in [6, 6.07) is 9.87. The van der Waals surface area contributed by atoms with Crippen LogP contribution >= 0.6 is 0 Å². The van der Waals surface area contributed by atoms with Crippen molar-refractivity contribution in [1.29, 1.82) is 5.26 Å². The second-order valence-electron chi connectivity index (χ2n) is 12.0. The lowest BCUT2D eigenvalue weighted by Gasteiger charge is -2.38. The number of aromatic nitrogens is 2. The van der Waals surface area contributed by atoms with Crippen LogP contribution in [0.3, 0.4) is 0 Å². The van der Waals surface area contributed by atoms with Crippen LogP contribution in [0.5, 0.6) is 17.2 Å². The molecule has 5 rings (SSSR count). The third-order valence-electron chi connectivity index (χ3n) is 8.84. The third kappa shape index (κ3) is 7.48. The van der Waals surface area contributed by atoms with Crippen molar-refractivity contribution in [3.63, 3.8) is 0 Å². The Morgan fingerprint density at radius 3 is 2.40 bits per heavy atom. The molecule has 1 N–H and O–H groups in total. The Morgan fingerprint density at radius 1 is 1.10 bits per heavy atom. The summed E-state index contributed by atoms with van der Waals surface area (Å²) in [5.41, 5.74) is -2.44. The number of aliphatic hydroxyl groups is 1. The molecule has 0 bridgehead atoms. The van der Waals surface area contributed by atoms with Crippen molar-refractivity contribution < 1.29 is 46.8 Å². The first-order chi connectivity index (χ1) is 23.0. The minimum atomic E-state index is -5.05. The molecule has 3 aromatic rings. The molecule has 2 unspecified atom stereocenters. The monoisotopic (exact) mass is 674 g/mol. The van der Waals surface area contributed by atoms with E-state index in [0.717, 1.165) is 18.4 Å². The molecule has 0 radical (unpaired) electrons. The molecule has 260 valence electrons. The van der Waals surface area contributed by atoms with E-state index in [2.05, 4.69) is 5.10 Å². The highest BCUT2D eigenvalue weighted by Crippen LogP contribution is 2.44.